The van der Waals surface area contributed by atoms with Crippen LogP contribution in [0.4, 0.5) is 0 Å². The van der Waals surface area contributed by atoms with Crippen molar-refractivity contribution in [2.24, 2.45) is 7.05 Å². The molecule has 1 aliphatic rings. The van der Waals surface area contributed by atoms with Gasteiger partial charge in [0.1, 0.15) is 0 Å². The summed E-state index contributed by atoms with van der Waals surface area (Å²) in [5.41, 5.74) is 10.5. The fourth-order valence-electron chi connectivity index (χ4n) is 5.40. The summed E-state index contributed by atoms with van der Waals surface area (Å²) < 4.78 is 2.22. The Kier molecular flexibility index (Phi) is 6.57. The van der Waals surface area contributed by atoms with Crippen molar-refractivity contribution in [1.82, 2.24) is 19.9 Å². The zero-order valence-electron chi connectivity index (χ0n) is 20.3. The number of carbonyl (C=O) groups excluding carboxylic acids is 1. The molecule has 1 unspecified atom stereocenters. The monoisotopic (exact) mass is 468 g/mol. The molecule has 2 heterocycles. The molecule has 0 aliphatic heterocycles. The van der Waals surface area contributed by atoms with Gasteiger partial charge in [-0.25, -0.2) is 5.48 Å². The van der Waals surface area contributed by atoms with Gasteiger partial charge in [-0.15, -0.1) is 0 Å². The van der Waals surface area contributed by atoms with Crippen LogP contribution in [0.1, 0.15) is 46.0 Å². The number of rotatable bonds is 8. The minimum absolute atomic E-state index is 0.349. The van der Waals surface area contributed by atoms with E-state index >= 15 is 0 Å². The largest absolute Gasteiger partial charge is 0.364 e. The van der Waals surface area contributed by atoms with E-state index in [1.165, 1.54) is 44.9 Å². The fourth-order valence-corrected chi connectivity index (χ4v) is 5.40. The van der Waals surface area contributed by atoms with Crippen LogP contribution >= 0.6 is 0 Å². The number of aromatic nitrogens is 2. The average Bonchev–Trinajstić information content (AvgIpc) is 3.57. The highest BCUT2D eigenvalue weighted by atomic mass is 16.5. The second-order valence-corrected chi connectivity index (χ2v) is 9.46. The summed E-state index contributed by atoms with van der Waals surface area (Å²) in [6, 6.07) is 17.5. The van der Waals surface area contributed by atoms with Crippen molar-refractivity contribution in [3.8, 4) is 0 Å². The molecule has 0 saturated carbocycles. The number of nitrogens with one attached hydrogen (secondary N) is 2. The van der Waals surface area contributed by atoms with Gasteiger partial charge in [-0.3, -0.25) is 14.9 Å². The Morgan fingerprint density at radius 3 is 2.91 bits per heavy atom. The molecule has 35 heavy (non-hydrogen) atoms. The lowest BCUT2D eigenvalue weighted by Crippen LogP contribution is -2.29. The van der Waals surface area contributed by atoms with Crippen molar-refractivity contribution in [2.45, 2.75) is 38.8 Å². The van der Waals surface area contributed by atoms with Crippen LogP contribution in [-0.4, -0.2) is 32.1 Å². The summed E-state index contributed by atoms with van der Waals surface area (Å²) in [5.74, 6) is -0.524. The number of hydrogen-bond acceptors (Lipinski definition) is 3. The maximum atomic E-state index is 11.4. The molecule has 6 nitrogen and oxygen atoms in total. The normalized spacial score (nSPS) is 15.4. The van der Waals surface area contributed by atoms with Gasteiger partial charge in [0, 0.05) is 61.2 Å². The number of nitrogens with zero attached hydrogens (tertiary/aromatic N) is 2. The number of carbonyl (C=O) groups is 1. The highest BCUT2D eigenvalue weighted by Gasteiger charge is 2.28. The first-order valence-corrected chi connectivity index (χ1v) is 12.2. The predicted octanol–water partition coefficient (Wildman–Crippen LogP) is 5.07. The molecule has 0 fully saturated rings. The van der Waals surface area contributed by atoms with Crippen LogP contribution in [0.25, 0.3) is 17.0 Å². The molecule has 0 radical (unpaired) electrons. The van der Waals surface area contributed by atoms with Crippen molar-refractivity contribution in [2.75, 3.05) is 6.54 Å². The van der Waals surface area contributed by atoms with Crippen molar-refractivity contribution < 1.29 is 10.0 Å². The van der Waals surface area contributed by atoms with Crippen LogP contribution in [0.5, 0.6) is 0 Å². The van der Waals surface area contributed by atoms with Crippen LogP contribution in [-0.2, 0) is 31.2 Å². The third-order valence-corrected chi connectivity index (χ3v) is 7.27. The molecule has 6 heteroatoms. The number of benzene rings is 2. The molecule has 1 amide bonds. The lowest BCUT2D eigenvalue weighted by molar-refractivity contribution is -0.124. The summed E-state index contributed by atoms with van der Waals surface area (Å²) in [4.78, 5) is 17.4. The molecule has 1 aliphatic carbocycles. The van der Waals surface area contributed by atoms with E-state index in [-0.39, 0.29) is 0 Å². The average molecular weight is 469 g/mol. The fraction of sp³-hybridized carbons (Fsp3) is 0.276. The van der Waals surface area contributed by atoms with E-state index in [4.69, 9.17) is 5.21 Å². The molecule has 1 atom stereocenters. The van der Waals surface area contributed by atoms with Gasteiger partial charge in [0.25, 0.3) is 5.91 Å². The van der Waals surface area contributed by atoms with Gasteiger partial charge >= 0.3 is 0 Å². The minimum atomic E-state index is -0.524. The Morgan fingerprint density at radius 2 is 2.11 bits per heavy atom. The van der Waals surface area contributed by atoms with E-state index in [9.17, 15) is 4.79 Å². The zero-order chi connectivity index (χ0) is 24.4. The van der Waals surface area contributed by atoms with Crippen LogP contribution in [0.2, 0.25) is 0 Å². The van der Waals surface area contributed by atoms with Gasteiger partial charge < -0.3 is 9.55 Å². The summed E-state index contributed by atoms with van der Waals surface area (Å²) >= 11 is 0. The highest BCUT2D eigenvalue weighted by molar-refractivity contribution is 5.90. The number of aromatic amines is 1. The Hall–Kier alpha value is -3.61. The lowest BCUT2D eigenvalue weighted by atomic mass is 10.0. The summed E-state index contributed by atoms with van der Waals surface area (Å²) in [5, 5.41) is 10.1. The van der Waals surface area contributed by atoms with Gasteiger partial charge in [-0.1, -0.05) is 36.4 Å². The topological polar surface area (TPSA) is 73.3 Å². The molecule has 2 aromatic carbocycles. The predicted molar refractivity (Wildman–Crippen MR) is 139 cm³/mol. The molecule has 5 rings (SSSR count). The van der Waals surface area contributed by atoms with E-state index in [1.54, 1.807) is 11.6 Å². The highest BCUT2D eigenvalue weighted by Crippen LogP contribution is 2.37. The Labute approximate surface area is 205 Å². The van der Waals surface area contributed by atoms with Crippen LogP contribution in [0.15, 0.2) is 67.0 Å². The second kappa shape index (κ2) is 9.94. The molecule has 0 bridgehead atoms. The van der Waals surface area contributed by atoms with Crippen LogP contribution in [0, 0.1) is 6.92 Å². The first-order valence-electron chi connectivity index (χ1n) is 12.2. The van der Waals surface area contributed by atoms with E-state index in [0.717, 1.165) is 37.9 Å². The standard InChI is InChI=1S/C29H32N4O2/c1-20-13-15-30-26(20)19-33(16-14-23-18-32(2)27-6-4-3-5-24(23)27)28-11-9-22-17-21(7-10-25(22)28)8-12-29(34)31-35/h3-8,10,12-13,15,17-18,28,30,35H,9,11,14,16,19H2,1-2H3,(H,31,34)/b12-8+. The second-order valence-electron chi connectivity index (χ2n) is 9.46. The van der Waals surface area contributed by atoms with Gasteiger partial charge in [0.2, 0.25) is 0 Å². The number of hydrogen-bond donors (Lipinski definition) is 3. The van der Waals surface area contributed by atoms with Gasteiger partial charge in [-0.2, -0.15) is 0 Å². The molecule has 4 aromatic rings. The summed E-state index contributed by atoms with van der Waals surface area (Å²) in [6.07, 6.45) is 10.5. The van der Waals surface area contributed by atoms with Crippen LogP contribution in [0.3, 0.4) is 0 Å². The van der Waals surface area contributed by atoms with E-state index < -0.39 is 5.91 Å². The number of para-hydroxylation sites is 1. The maximum absolute atomic E-state index is 11.4. The summed E-state index contributed by atoms with van der Waals surface area (Å²) in [7, 11) is 2.12. The maximum Gasteiger partial charge on any atom is 0.267 e. The number of hydroxylamine groups is 1. The van der Waals surface area contributed by atoms with Gasteiger partial charge in [0.15, 0.2) is 0 Å². The SMILES string of the molecule is Cc1cc[nH]c1CN(CCc1cn(C)c2ccccc12)C1CCc2cc(/C=C/C(=O)NO)ccc21. The van der Waals surface area contributed by atoms with Crippen molar-refractivity contribution in [3.05, 3.63) is 101 Å². The van der Waals surface area contributed by atoms with Crippen molar-refractivity contribution in [1.29, 1.82) is 0 Å². The number of amides is 1. The summed E-state index contributed by atoms with van der Waals surface area (Å²) in [6.45, 7) is 4.01. The molecule has 0 saturated heterocycles. The van der Waals surface area contributed by atoms with Gasteiger partial charge in [-0.05, 0) is 72.2 Å². The Bertz CT molecular complexity index is 1380. The third-order valence-electron chi connectivity index (χ3n) is 7.27. The molecule has 2 aromatic heterocycles. The molecular formula is C29H32N4O2. The molecule has 0 spiro atoms. The molecule has 3 N–H and O–H groups in total. The van der Waals surface area contributed by atoms with E-state index in [2.05, 4.69) is 83.2 Å². The number of aryl methyl sites for hydroxylation is 3. The smallest absolute Gasteiger partial charge is 0.267 e. The minimum Gasteiger partial charge on any atom is -0.364 e. The number of H-pyrrole nitrogens is 1. The lowest BCUT2D eigenvalue weighted by Gasteiger charge is -2.30. The van der Waals surface area contributed by atoms with E-state index in [0.29, 0.717) is 6.04 Å². The third kappa shape index (κ3) is 4.81. The van der Waals surface area contributed by atoms with Crippen molar-refractivity contribution >= 4 is 22.9 Å². The first-order chi connectivity index (χ1) is 17.0. The Morgan fingerprint density at radius 1 is 1.26 bits per heavy atom. The number of fused-ring (bicyclic) bond motifs is 2. The first kappa shape index (κ1) is 23.1. The van der Waals surface area contributed by atoms with Crippen LogP contribution < -0.4 is 5.48 Å². The van der Waals surface area contributed by atoms with E-state index in [1.807, 2.05) is 6.20 Å². The van der Waals surface area contributed by atoms with Gasteiger partial charge in [0.05, 0.1) is 0 Å². The van der Waals surface area contributed by atoms with Crippen molar-refractivity contribution in [3.63, 3.8) is 0 Å². The Balaban J connectivity index is 1.40. The molecular weight excluding hydrogens is 436 g/mol. The molecule has 180 valence electrons. The quantitative estimate of drug-likeness (QED) is 0.192. The zero-order valence-corrected chi connectivity index (χ0v) is 20.3.